The van der Waals surface area contributed by atoms with Crippen LogP contribution in [-0.4, -0.2) is 18.7 Å². The van der Waals surface area contributed by atoms with Crippen LogP contribution in [0.4, 0.5) is 0 Å². The smallest absolute Gasteiger partial charge is 0.119 e. The van der Waals surface area contributed by atoms with Crippen LogP contribution in [0.3, 0.4) is 0 Å². The van der Waals surface area contributed by atoms with Gasteiger partial charge in [-0.1, -0.05) is 12.1 Å². The van der Waals surface area contributed by atoms with E-state index in [4.69, 9.17) is 27.1 Å². The normalized spacial score (nSPS) is 10.8. The SMILES string of the molecule is CCOc1ccc2nc(C)c(Cc3ccc(OC)cc3)c([S-])c2c1. The lowest BCUT2D eigenvalue weighted by molar-refractivity contribution is 0.340. The van der Waals surface area contributed by atoms with Crippen LogP contribution in [0.15, 0.2) is 47.4 Å². The summed E-state index contributed by atoms with van der Waals surface area (Å²) in [5, 5.41) is 0.977. The van der Waals surface area contributed by atoms with Crippen LogP contribution in [0.5, 0.6) is 11.5 Å². The third-order valence-corrected chi connectivity index (χ3v) is 4.53. The first-order chi connectivity index (χ1) is 11.6. The number of benzene rings is 2. The lowest BCUT2D eigenvalue weighted by Gasteiger charge is -2.20. The lowest BCUT2D eigenvalue weighted by Crippen LogP contribution is -2.00. The van der Waals surface area contributed by atoms with E-state index in [1.54, 1.807) is 7.11 Å². The van der Waals surface area contributed by atoms with Crippen molar-refractivity contribution >= 4 is 23.5 Å². The molecule has 0 saturated carbocycles. The first-order valence-electron chi connectivity index (χ1n) is 7.98. The molecule has 1 aromatic heterocycles. The number of methoxy groups -OCH3 is 1. The monoisotopic (exact) mass is 338 g/mol. The van der Waals surface area contributed by atoms with Gasteiger partial charge in [0.2, 0.25) is 0 Å². The van der Waals surface area contributed by atoms with Crippen molar-refractivity contribution in [3.8, 4) is 11.5 Å². The highest BCUT2D eigenvalue weighted by molar-refractivity contribution is 7.59. The summed E-state index contributed by atoms with van der Waals surface area (Å²) in [7, 11) is 1.67. The number of aromatic nitrogens is 1. The highest BCUT2D eigenvalue weighted by atomic mass is 32.1. The molecule has 0 fully saturated rings. The molecule has 4 heteroatoms. The van der Waals surface area contributed by atoms with Crippen LogP contribution in [-0.2, 0) is 19.0 Å². The summed E-state index contributed by atoms with van der Waals surface area (Å²) >= 11 is 5.75. The van der Waals surface area contributed by atoms with Gasteiger partial charge in [0.05, 0.1) is 19.2 Å². The van der Waals surface area contributed by atoms with Crippen molar-refractivity contribution in [2.45, 2.75) is 25.2 Å². The molecular formula is C20H20NO2S-. The molecule has 0 amide bonds. The van der Waals surface area contributed by atoms with Gasteiger partial charge in [0.15, 0.2) is 0 Å². The van der Waals surface area contributed by atoms with Crippen LogP contribution in [0, 0.1) is 6.92 Å². The van der Waals surface area contributed by atoms with Gasteiger partial charge in [-0.15, -0.1) is 0 Å². The standard InChI is InChI=1S/C20H21NO2S/c1-4-23-16-9-10-19-18(12-16)20(24)17(13(2)21-19)11-14-5-7-15(22-3)8-6-14/h5-10,12H,4,11H2,1-3H3,(H,21,24)/p-1. The van der Waals surface area contributed by atoms with Crippen LogP contribution < -0.4 is 9.47 Å². The molecule has 124 valence electrons. The van der Waals surface area contributed by atoms with E-state index in [0.717, 1.165) is 45.0 Å². The zero-order valence-electron chi connectivity index (χ0n) is 14.1. The molecule has 0 N–H and O–H groups in total. The second kappa shape index (κ2) is 7.05. The van der Waals surface area contributed by atoms with Crippen molar-refractivity contribution in [3.05, 3.63) is 59.3 Å². The molecule has 0 aliphatic heterocycles. The number of hydrogen-bond acceptors (Lipinski definition) is 4. The minimum atomic E-state index is 0.635. The number of pyridine rings is 1. The Kier molecular flexibility index (Phi) is 4.86. The van der Waals surface area contributed by atoms with E-state index < -0.39 is 0 Å². The number of fused-ring (bicyclic) bond motifs is 1. The summed E-state index contributed by atoms with van der Waals surface area (Å²) < 4.78 is 10.8. The Labute approximate surface area is 148 Å². The highest BCUT2D eigenvalue weighted by Gasteiger charge is 2.08. The fourth-order valence-electron chi connectivity index (χ4n) is 2.78. The van der Waals surface area contributed by atoms with Gasteiger partial charge in [-0.2, -0.15) is 4.90 Å². The molecule has 0 aliphatic carbocycles. The van der Waals surface area contributed by atoms with E-state index in [9.17, 15) is 0 Å². The molecule has 0 radical (unpaired) electrons. The summed E-state index contributed by atoms with van der Waals surface area (Å²) in [6.45, 7) is 4.63. The Morgan fingerprint density at radius 3 is 2.42 bits per heavy atom. The summed E-state index contributed by atoms with van der Waals surface area (Å²) in [4.78, 5) is 5.58. The predicted molar refractivity (Wildman–Crippen MR) is 99.1 cm³/mol. The quantitative estimate of drug-likeness (QED) is 0.643. The molecule has 1 heterocycles. The Hall–Kier alpha value is -2.33. The number of hydrogen-bond donors (Lipinski definition) is 0. The number of aryl methyl sites for hydroxylation is 1. The fourth-order valence-corrected chi connectivity index (χ4v) is 3.17. The summed E-state index contributed by atoms with van der Waals surface area (Å²) in [6, 6.07) is 14.0. The lowest BCUT2D eigenvalue weighted by atomic mass is 10.0. The Balaban J connectivity index is 2.02. The van der Waals surface area contributed by atoms with E-state index in [2.05, 4.69) is 12.1 Å². The molecular weight excluding hydrogens is 318 g/mol. The highest BCUT2D eigenvalue weighted by Crippen LogP contribution is 2.28. The van der Waals surface area contributed by atoms with Gasteiger partial charge < -0.3 is 22.1 Å². The third-order valence-electron chi connectivity index (χ3n) is 4.06. The molecule has 0 unspecified atom stereocenters. The summed E-state index contributed by atoms with van der Waals surface area (Å²) in [6.07, 6.45) is 0.760. The molecule has 0 saturated heterocycles. The third kappa shape index (κ3) is 3.29. The Bertz CT molecular complexity index is 860. The van der Waals surface area contributed by atoms with Gasteiger partial charge >= 0.3 is 0 Å². The van der Waals surface area contributed by atoms with Crippen LogP contribution >= 0.6 is 0 Å². The first-order valence-corrected chi connectivity index (χ1v) is 8.39. The van der Waals surface area contributed by atoms with E-state index >= 15 is 0 Å². The van der Waals surface area contributed by atoms with E-state index in [0.29, 0.717) is 6.61 Å². The number of ether oxygens (including phenoxy) is 2. The molecule has 2 aromatic carbocycles. The summed E-state index contributed by atoms with van der Waals surface area (Å²) in [5.74, 6) is 1.68. The average molecular weight is 338 g/mol. The molecule has 3 nitrogen and oxygen atoms in total. The van der Waals surface area contributed by atoms with Crippen molar-refractivity contribution in [1.29, 1.82) is 0 Å². The van der Waals surface area contributed by atoms with E-state index in [1.807, 2.05) is 44.2 Å². The van der Waals surface area contributed by atoms with E-state index in [1.165, 1.54) is 5.56 Å². The van der Waals surface area contributed by atoms with Crippen molar-refractivity contribution in [3.63, 3.8) is 0 Å². The second-order valence-corrected chi connectivity index (χ2v) is 6.05. The Morgan fingerprint density at radius 2 is 1.75 bits per heavy atom. The molecule has 3 aromatic rings. The maximum atomic E-state index is 5.75. The number of nitrogens with zero attached hydrogens (tertiary/aromatic N) is 1. The fraction of sp³-hybridized carbons (Fsp3) is 0.250. The van der Waals surface area contributed by atoms with Crippen molar-refractivity contribution in [1.82, 2.24) is 4.98 Å². The van der Waals surface area contributed by atoms with E-state index in [-0.39, 0.29) is 0 Å². The Morgan fingerprint density at radius 1 is 1.04 bits per heavy atom. The predicted octanol–water partition coefficient (Wildman–Crippen LogP) is 4.45. The van der Waals surface area contributed by atoms with Crippen LogP contribution in [0.25, 0.3) is 10.9 Å². The van der Waals surface area contributed by atoms with Crippen LogP contribution in [0.1, 0.15) is 23.7 Å². The topological polar surface area (TPSA) is 31.4 Å². The maximum absolute atomic E-state index is 5.75. The van der Waals surface area contributed by atoms with Gasteiger partial charge in [0, 0.05) is 5.69 Å². The van der Waals surface area contributed by atoms with Gasteiger partial charge in [0.25, 0.3) is 0 Å². The minimum Gasteiger partial charge on any atom is -0.779 e. The van der Waals surface area contributed by atoms with Gasteiger partial charge in [-0.25, -0.2) is 0 Å². The van der Waals surface area contributed by atoms with Crippen molar-refractivity contribution in [2.75, 3.05) is 13.7 Å². The molecule has 3 rings (SSSR count). The zero-order valence-corrected chi connectivity index (χ0v) is 14.9. The largest absolute Gasteiger partial charge is 0.779 e. The molecule has 0 spiro atoms. The molecule has 24 heavy (non-hydrogen) atoms. The van der Waals surface area contributed by atoms with Gasteiger partial charge in [0.1, 0.15) is 11.5 Å². The van der Waals surface area contributed by atoms with Crippen molar-refractivity contribution in [2.24, 2.45) is 0 Å². The molecule has 0 atom stereocenters. The van der Waals surface area contributed by atoms with Crippen LogP contribution in [0.2, 0.25) is 0 Å². The maximum Gasteiger partial charge on any atom is 0.119 e. The van der Waals surface area contributed by atoms with Crippen molar-refractivity contribution < 1.29 is 9.47 Å². The minimum absolute atomic E-state index is 0.635. The zero-order chi connectivity index (χ0) is 17.1. The average Bonchev–Trinajstić information content (AvgIpc) is 2.60. The summed E-state index contributed by atoms with van der Waals surface area (Å²) in [5.41, 5.74) is 4.18. The molecule has 0 bridgehead atoms. The van der Waals surface area contributed by atoms with Gasteiger partial charge in [-0.05, 0) is 67.1 Å². The first kappa shape index (κ1) is 16.5. The molecule has 0 aliphatic rings. The number of rotatable bonds is 5. The second-order valence-electron chi connectivity index (χ2n) is 5.64. The van der Waals surface area contributed by atoms with Gasteiger partial charge in [-0.3, -0.25) is 4.98 Å².